The molecule has 0 bridgehead atoms. The quantitative estimate of drug-likeness (QED) is 0.179. The number of non-ortho nitro benzene ring substituents is 1. The first-order valence-corrected chi connectivity index (χ1v) is 10.6. The smallest absolute Gasteiger partial charge is 0.270 e. The van der Waals surface area contributed by atoms with Crippen LogP contribution >= 0.6 is 15.9 Å². The Morgan fingerprint density at radius 2 is 1.33 bits per heavy atom. The number of anilines is 1. The maximum atomic E-state index is 10.5. The third-order valence-corrected chi connectivity index (χ3v) is 5.47. The molecular weight excluding hydrogens is 496 g/mol. The van der Waals surface area contributed by atoms with Crippen molar-refractivity contribution < 1.29 is 30.5 Å². The largest absolute Gasteiger partial charge is 0.399 e. The Balaban J connectivity index is 0. The number of nitrogen functional groups attached to an aromatic ring is 1. The molecule has 0 saturated carbocycles. The van der Waals surface area contributed by atoms with Crippen LogP contribution in [0.2, 0.25) is 0 Å². The van der Waals surface area contributed by atoms with Gasteiger partial charge in [0.25, 0.3) is 5.69 Å². The van der Waals surface area contributed by atoms with Crippen molar-refractivity contribution in [2.45, 2.75) is 39.0 Å². The van der Waals surface area contributed by atoms with Gasteiger partial charge in [-0.1, -0.05) is 55.4 Å². The van der Waals surface area contributed by atoms with Gasteiger partial charge in [0.2, 0.25) is 0 Å². The summed E-state index contributed by atoms with van der Waals surface area (Å²) >= 11 is 3.21. The number of aliphatic hydroxyl groups excluding tert-OH is 5. The molecule has 9 nitrogen and oxygen atoms in total. The lowest BCUT2D eigenvalue weighted by molar-refractivity contribution is -0.385. The van der Waals surface area contributed by atoms with Crippen LogP contribution in [0.1, 0.15) is 39.3 Å². The minimum atomic E-state index is -0.812. The van der Waals surface area contributed by atoms with Gasteiger partial charge in [0.1, 0.15) is 0 Å². The summed E-state index contributed by atoms with van der Waals surface area (Å²) in [5.74, 6) is 0. The molecule has 0 atom stereocenters. The summed E-state index contributed by atoms with van der Waals surface area (Å²) in [6, 6.07) is 11.4. The first-order chi connectivity index (χ1) is 15.0. The van der Waals surface area contributed by atoms with Crippen molar-refractivity contribution in [3.05, 3.63) is 68.2 Å². The van der Waals surface area contributed by atoms with E-state index in [-0.39, 0.29) is 46.1 Å². The summed E-state index contributed by atoms with van der Waals surface area (Å²) in [5.41, 5.74) is 6.33. The van der Waals surface area contributed by atoms with Crippen molar-refractivity contribution >= 4 is 27.3 Å². The van der Waals surface area contributed by atoms with Crippen LogP contribution in [-0.2, 0) is 10.8 Å². The Labute approximate surface area is 203 Å². The number of nitro groups is 1. The Morgan fingerprint density at radius 1 is 0.909 bits per heavy atom. The second-order valence-electron chi connectivity index (χ2n) is 7.61. The lowest BCUT2D eigenvalue weighted by atomic mass is 9.84. The fourth-order valence-corrected chi connectivity index (χ4v) is 3.29. The number of aliphatic hydroxyl groups is 5. The molecule has 0 fully saturated rings. The molecule has 0 radical (unpaired) electrons. The predicted molar refractivity (Wildman–Crippen MR) is 134 cm³/mol. The van der Waals surface area contributed by atoms with Crippen LogP contribution < -0.4 is 5.73 Å². The van der Waals surface area contributed by atoms with Gasteiger partial charge in [0.15, 0.2) is 0 Å². The van der Waals surface area contributed by atoms with E-state index in [1.54, 1.807) is 32.9 Å². The van der Waals surface area contributed by atoms with Crippen LogP contribution in [0, 0.1) is 10.1 Å². The molecule has 0 heterocycles. The topological polar surface area (TPSA) is 170 Å². The third-order valence-electron chi connectivity index (χ3n) is 4.82. The highest BCUT2D eigenvalue weighted by molar-refractivity contribution is 9.10. The highest BCUT2D eigenvalue weighted by Crippen LogP contribution is 2.32. The highest BCUT2D eigenvalue weighted by Gasteiger charge is 2.28. The molecule has 10 heteroatoms. The molecule has 2 rings (SSSR count). The normalized spacial score (nSPS) is 10.7. The third kappa shape index (κ3) is 9.75. The molecule has 0 spiro atoms. The average molecular weight is 533 g/mol. The second kappa shape index (κ2) is 15.7. The van der Waals surface area contributed by atoms with Gasteiger partial charge >= 0.3 is 0 Å². The maximum Gasteiger partial charge on any atom is 0.270 e. The van der Waals surface area contributed by atoms with Gasteiger partial charge in [-0.2, -0.15) is 0 Å². The van der Waals surface area contributed by atoms with E-state index in [0.717, 1.165) is 5.56 Å². The molecule has 33 heavy (non-hydrogen) atoms. The number of nitro benzene ring substituents is 1. The molecule has 0 unspecified atom stereocenters. The Morgan fingerprint density at radius 3 is 1.67 bits per heavy atom. The van der Waals surface area contributed by atoms with E-state index in [2.05, 4.69) is 15.9 Å². The fraction of sp³-hybridized carbons (Fsp3) is 0.478. The molecule has 0 saturated heterocycles. The Bertz CT molecular complexity index is 824. The number of rotatable bonds is 7. The molecule has 2 aromatic carbocycles. The number of nitrogens with two attached hydrogens (primary N) is 1. The van der Waals surface area contributed by atoms with Crippen LogP contribution in [0.25, 0.3) is 0 Å². The molecule has 188 valence electrons. The first-order valence-electron chi connectivity index (χ1n) is 9.83. The van der Waals surface area contributed by atoms with E-state index in [0.29, 0.717) is 15.7 Å². The van der Waals surface area contributed by atoms with Crippen molar-refractivity contribution in [1.29, 1.82) is 0 Å². The van der Waals surface area contributed by atoms with Gasteiger partial charge in [-0.05, 0) is 30.2 Å². The summed E-state index contributed by atoms with van der Waals surface area (Å²) in [6.07, 6.45) is 0. The fourth-order valence-electron chi connectivity index (χ4n) is 2.45. The monoisotopic (exact) mass is 532 g/mol. The SMILES string of the molecule is C.CC(CO)(CO)c1ccc(N)cc1.CC(CO)(CO)c1ccc([N+](=O)[O-])cc1Br.CCO. The van der Waals surface area contributed by atoms with E-state index in [1.165, 1.54) is 18.2 Å². The summed E-state index contributed by atoms with van der Waals surface area (Å²) in [6.45, 7) is 4.79. The molecule has 0 aliphatic heterocycles. The van der Waals surface area contributed by atoms with Crippen LogP contribution in [0.15, 0.2) is 46.9 Å². The zero-order chi connectivity index (χ0) is 24.9. The maximum absolute atomic E-state index is 10.5. The van der Waals surface area contributed by atoms with Crippen LogP contribution in [0.4, 0.5) is 11.4 Å². The van der Waals surface area contributed by atoms with E-state index in [1.807, 2.05) is 12.1 Å². The van der Waals surface area contributed by atoms with E-state index >= 15 is 0 Å². The molecule has 0 aliphatic carbocycles. The zero-order valence-electron chi connectivity index (χ0n) is 18.5. The standard InChI is InChI=1S/C10H12BrNO4.C10H15NO2.C2H6O.CH4/c1-10(5-13,6-14)8-3-2-7(12(15)16)4-9(8)11;1-10(6-12,7-13)8-2-4-9(11)5-3-8;1-2-3;/h2-4,13-14H,5-6H2,1H3;2-5,12-13H,6-7,11H2,1H3;3H,2H2,1H3;1H4. The van der Waals surface area contributed by atoms with Crippen LogP contribution in [0.3, 0.4) is 0 Å². The summed E-state index contributed by atoms with van der Waals surface area (Å²) in [4.78, 5) is 10.0. The zero-order valence-corrected chi connectivity index (χ0v) is 20.1. The Hall–Kier alpha value is -2.08. The molecular formula is C23H37BrN2O7. The summed E-state index contributed by atoms with van der Waals surface area (Å²) in [5, 5.41) is 54.8. The number of benzene rings is 2. The van der Waals surface area contributed by atoms with Gasteiger partial charge in [-0.3, -0.25) is 10.1 Å². The molecule has 0 amide bonds. The first kappa shape index (κ1) is 33.1. The minimum Gasteiger partial charge on any atom is -0.399 e. The van der Waals surface area contributed by atoms with Crippen LogP contribution in [-0.4, -0.2) is 63.5 Å². The van der Waals surface area contributed by atoms with E-state index in [4.69, 9.17) is 21.1 Å². The molecule has 0 aromatic heterocycles. The van der Waals surface area contributed by atoms with Gasteiger partial charge in [0.05, 0.1) is 31.4 Å². The molecule has 2 aromatic rings. The van der Waals surface area contributed by atoms with Crippen molar-refractivity contribution in [1.82, 2.24) is 0 Å². The van der Waals surface area contributed by atoms with Crippen molar-refractivity contribution in [2.24, 2.45) is 0 Å². The molecule has 7 N–H and O–H groups in total. The average Bonchev–Trinajstić information content (AvgIpc) is 2.79. The van der Waals surface area contributed by atoms with Gasteiger partial charge in [-0.25, -0.2) is 0 Å². The summed E-state index contributed by atoms with van der Waals surface area (Å²) < 4.78 is 0.507. The van der Waals surface area contributed by atoms with Crippen LogP contribution in [0.5, 0.6) is 0 Å². The number of hydrogen-bond donors (Lipinski definition) is 6. The van der Waals surface area contributed by atoms with E-state index < -0.39 is 15.8 Å². The number of halogens is 1. The minimum absolute atomic E-state index is 0. The lowest BCUT2D eigenvalue weighted by Gasteiger charge is -2.26. The number of nitrogens with zero attached hydrogens (tertiary/aromatic N) is 1. The van der Waals surface area contributed by atoms with E-state index in [9.17, 15) is 20.3 Å². The Kier molecular flexibility index (Phi) is 15.7. The lowest BCUT2D eigenvalue weighted by Crippen LogP contribution is -2.31. The highest BCUT2D eigenvalue weighted by atomic mass is 79.9. The van der Waals surface area contributed by atoms with Crippen molar-refractivity contribution in [3.63, 3.8) is 0 Å². The van der Waals surface area contributed by atoms with Crippen molar-refractivity contribution in [3.8, 4) is 0 Å². The second-order valence-corrected chi connectivity index (χ2v) is 8.47. The summed E-state index contributed by atoms with van der Waals surface area (Å²) in [7, 11) is 0. The molecule has 0 aliphatic rings. The van der Waals surface area contributed by atoms with Crippen molar-refractivity contribution in [2.75, 3.05) is 38.8 Å². The van der Waals surface area contributed by atoms with Gasteiger partial charge in [0, 0.05) is 39.7 Å². The predicted octanol–water partition coefficient (Wildman–Crippen LogP) is 2.75. The number of hydrogen-bond acceptors (Lipinski definition) is 8. The van der Waals surface area contributed by atoms with Gasteiger partial charge in [-0.15, -0.1) is 0 Å². The van der Waals surface area contributed by atoms with Gasteiger partial charge < -0.3 is 31.3 Å².